The van der Waals surface area contributed by atoms with Gasteiger partial charge in [0.05, 0.1) is 43.1 Å². The number of hydrogen-bond donors (Lipinski definition) is 0. The predicted molar refractivity (Wildman–Crippen MR) is 107 cm³/mol. The van der Waals surface area contributed by atoms with Gasteiger partial charge in [-0.05, 0) is 25.0 Å². The SMILES string of the molecule is CC1COC(COCc2c(-c3c(Cl)cccc3Cl)noc2C2CC2)C12OCCO2. The lowest BCUT2D eigenvalue weighted by Crippen LogP contribution is -2.46. The van der Waals surface area contributed by atoms with Gasteiger partial charge in [0.15, 0.2) is 0 Å². The number of rotatable bonds is 6. The second kappa shape index (κ2) is 7.84. The highest BCUT2D eigenvalue weighted by molar-refractivity contribution is 6.39. The second-order valence-corrected chi connectivity index (χ2v) is 8.72. The Hall–Kier alpha value is -1.15. The molecule has 0 bridgehead atoms. The van der Waals surface area contributed by atoms with E-state index in [2.05, 4.69) is 12.1 Å². The lowest BCUT2D eigenvalue weighted by molar-refractivity contribution is -0.217. The summed E-state index contributed by atoms with van der Waals surface area (Å²) in [4.78, 5) is 0. The van der Waals surface area contributed by atoms with Gasteiger partial charge in [0.25, 0.3) is 0 Å². The first-order valence-corrected chi connectivity index (χ1v) is 10.8. The van der Waals surface area contributed by atoms with Crippen molar-refractivity contribution < 1.29 is 23.5 Å². The van der Waals surface area contributed by atoms with Gasteiger partial charge in [-0.2, -0.15) is 0 Å². The largest absolute Gasteiger partial charge is 0.374 e. The minimum atomic E-state index is -0.706. The summed E-state index contributed by atoms with van der Waals surface area (Å²) in [6.45, 7) is 4.52. The van der Waals surface area contributed by atoms with Crippen LogP contribution in [-0.4, -0.2) is 43.5 Å². The van der Waals surface area contributed by atoms with E-state index in [1.54, 1.807) is 12.1 Å². The fourth-order valence-corrected chi connectivity index (χ4v) is 4.78. The molecule has 8 heteroatoms. The quantitative estimate of drug-likeness (QED) is 0.642. The van der Waals surface area contributed by atoms with Crippen molar-refractivity contribution in [3.8, 4) is 11.3 Å². The van der Waals surface area contributed by atoms with E-state index in [1.165, 1.54) is 0 Å². The molecule has 1 aromatic heterocycles. The molecule has 5 rings (SSSR count). The molecule has 2 unspecified atom stereocenters. The first-order valence-electron chi connectivity index (χ1n) is 10.00. The molecule has 0 radical (unpaired) electrons. The summed E-state index contributed by atoms with van der Waals surface area (Å²) in [5.74, 6) is 0.697. The Morgan fingerprint density at radius 3 is 2.59 bits per heavy atom. The van der Waals surface area contributed by atoms with Gasteiger partial charge in [-0.25, -0.2) is 0 Å². The van der Waals surface area contributed by atoms with Crippen LogP contribution in [0.4, 0.5) is 0 Å². The number of hydrogen-bond acceptors (Lipinski definition) is 6. The van der Waals surface area contributed by atoms with E-state index in [9.17, 15) is 0 Å². The van der Waals surface area contributed by atoms with Gasteiger partial charge < -0.3 is 23.5 Å². The molecule has 3 aliphatic rings. The van der Waals surface area contributed by atoms with E-state index >= 15 is 0 Å². The topological polar surface area (TPSA) is 63.0 Å². The van der Waals surface area contributed by atoms with Gasteiger partial charge >= 0.3 is 0 Å². The molecule has 6 nitrogen and oxygen atoms in total. The van der Waals surface area contributed by atoms with Crippen LogP contribution in [0.2, 0.25) is 10.0 Å². The van der Waals surface area contributed by atoms with Crippen molar-refractivity contribution in [2.75, 3.05) is 26.4 Å². The molecule has 29 heavy (non-hydrogen) atoms. The van der Waals surface area contributed by atoms with E-state index in [-0.39, 0.29) is 12.0 Å². The van der Waals surface area contributed by atoms with Crippen LogP contribution < -0.4 is 0 Å². The first kappa shape index (κ1) is 19.8. The number of halogens is 2. The fraction of sp³-hybridized carbons (Fsp3) is 0.571. The molecule has 2 atom stereocenters. The van der Waals surface area contributed by atoms with Crippen LogP contribution >= 0.6 is 23.2 Å². The number of benzene rings is 1. The molecule has 0 amide bonds. The zero-order valence-electron chi connectivity index (χ0n) is 16.2. The molecule has 3 fully saturated rings. The smallest absolute Gasteiger partial charge is 0.202 e. The fourth-order valence-electron chi connectivity index (χ4n) is 4.21. The molecule has 1 aromatic carbocycles. The number of aromatic nitrogens is 1. The van der Waals surface area contributed by atoms with Gasteiger partial charge in [0, 0.05) is 23.0 Å². The Bertz CT molecular complexity index is 871. The van der Waals surface area contributed by atoms with Gasteiger partial charge in [-0.3, -0.25) is 0 Å². The van der Waals surface area contributed by atoms with Crippen LogP contribution in [0, 0.1) is 5.92 Å². The monoisotopic (exact) mass is 439 g/mol. The third kappa shape index (κ3) is 3.50. The molecule has 3 heterocycles. The average Bonchev–Trinajstić information content (AvgIpc) is 3.15. The van der Waals surface area contributed by atoms with Gasteiger partial charge in [-0.15, -0.1) is 0 Å². The van der Waals surface area contributed by atoms with Crippen LogP contribution in [-0.2, 0) is 25.6 Å². The Balaban J connectivity index is 1.37. The summed E-state index contributed by atoms with van der Waals surface area (Å²) in [6, 6.07) is 5.40. The summed E-state index contributed by atoms with van der Waals surface area (Å²) in [6.07, 6.45) is 1.91. The number of ether oxygens (including phenoxy) is 4. The highest BCUT2D eigenvalue weighted by Gasteiger charge is 2.54. The Kier molecular flexibility index (Phi) is 5.35. The minimum Gasteiger partial charge on any atom is -0.374 e. The van der Waals surface area contributed by atoms with Crippen molar-refractivity contribution >= 4 is 23.2 Å². The summed E-state index contributed by atoms with van der Waals surface area (Å²) < 4.78 is 29.5. The zero-order chi connectivity index (χ0) is 20.0. The normalized spacial score (nSPS) is 25.9. The van der Waals surface area contributed by atoms with Crippen LogP contribution in [0.5, 0.6) is 0 Å². The Morgan fingerprint density at radius 1 is 1.17 bits per heavy atom. The standard InChI is InChI=1S/C21H23Cl2NO5/c1-12-9-26-17(21(12)27-7-8-28-21)11-25-10-14-19(24-29-20(14)13-5-6-13)18-15(22)3-2-4-16(18)23/h2-4,12-13,17H,5-11H2,1H3. The lowest BCUT2D eigenvalue weighted by Gasteiger charge is -2.30. The van der Waals surface area contributed by atoms with E-state index < -0.39 is 5.79 Å². The van der Waals surface area contributed by atoms with E-state index in [1.807, 2.05) is 6.07 Å². The van der Waals surface area contributed by atoms with Crippen molar-refractivity contribution in [1.82, 2.24) is 5.16 Å². The van der Waals surface area contributed by atoms with E-state index in [0.29, 0.717) is 60.3 Å². The van der Waals surface area contributed by atoms with Gasteiger partial charge in [0.2, 0.25) is 5.79 Å². The predicted octanol–water partition coefficient (Wildman–Crippen LogP) is 4.82. The van der Waals surface area contributed by atoms with Crippen LogP contribution in [0.1, 0.15) is 37.0 Å². The van der Waals surface area contributed by atoms with Crippen molar-refractivity contribution in [1.29, 1.82) is 0 Å². The van der Waals surface area contributed by atoms with E-state index in [0.717, 1.165) is 24.2 Å². The molecule has 2 aliphatic heterocycles. The summed E-state index contributed by atoms with van der Waals surface area (Å²) in [5, 5.41) is 5.37. The second-order valence-electron chi connectivity index (χ2n) is 7.90. The molecule has 0 N–H and O–H groups in total. The van der Waals surface area contributed by atoms with Gasteiger partial charge in [0.1, 0.15) is 17.6 Å². The van der Waals surface area contributed by atoms with Crippen LogP contribution in [0.25, 0.3) is 11.3 Å². The van der Waals surface area contributed by atoms with Gasteiger partial charge in [-0.1, -0.05) is 41.3 Å². The molecule has 1 saturated carbocycles. The van der Waals surface area contributed by atoms with Crippen molar-refractivity contribution in [3.63, 3.8) is 0 Å². The first-order chi connectivity index (χ1) is 14.1. The van der Waals surface area contributed by atoms with E-state index in [4.69, 9.17) is 46.7 Å². The minimum absolute atomic E-state index is 0.161. The maximum Gasteiger partial charge on any atom is 0.202 e. The highest BCUT2D eigenvalue weighted by atomic mass is 35.5. The lowest BCUT2D eigenvalue weighted by atomic mass is 9.99. The Morgan fingerprint density at radius 2 is 1.90 bits per heavy atom. The molecule has 1 aliphatic carbocycles. The maximum atomic E-state index is 6.42. The molecule has 156 valence electrons. The third-order valence-electron chi connectivity index (χ3n) is 5.90. The summed E-state index contributed by atoms with van der Waals surface area (Å²) in [5.41, 5.74) is 2.22. The summed E-state index contributed by atoms with van der Waals surface area (Å²) in [7, 11) is 0. The molecule has 2 aromatic rings. The molecular formula is C21H23Cl2NO5. The van der Waals surface area contributed by atoms with Crippen LogP contribution in [0.3, 0.4) is 0 Å². The van der Waals surface area contributed by atoms with Crippen molar-refractivity contribution in [2.24, 2.45) is 5.92 Å². The van der Waals surface area contributed by atoms with Crippen molar-refractivity contribution in [3.05, 3.63) is 39.6 Å². The third-order valence-corrected chi connectivity index (χ3v) is 6.53. The molecule has 2 saturated heterocycles. The van der Waals surface area contributed by atoms with Crippen LogP contribution in [0.15, 0.2) is 22.7 Å². The zero-order valence-corrected chi connectivity index (χ0v) is 17.7. The number of nitrogens with zero attached hydrogens (tertiary/aromatic N) is 1. The molecular weight excluding hydrogens is 417 g/mol. The Labute approximate surface area is 179 Å². The van der Waals surface area contributed by atoms with Crippen molar-refractivity contribution in [2.45, 2.75) is 44.2 Å². The highest BCUT2D eigenvalue weighted by Crippen LogP contribution is 2.46. The average molecular weight is 440 g/mol. The molecule has 1 spiro atoms. The maximum absolute atomic E-state index is 6.42. The summed E-state index contributed by atoms with van der Waals surface area (Å²) >= 11 is 12.8.